The minimum absolute atomic E-state index is 0.192. The number of alkyl halides is 7. The molecule has 0 amide bonds. The van der Waals surface area contributed by atoms with E-state index in [9.17, 15) is 40.6 Å². The van der Waals surface area contributed by atoms with Gasteiger partial charge in [0.2, 0.25) is 0 Å². The second-order valence-electron chi connectivity index (χ2n) is 6.26. The van der Waals surface area contributed by atoms with Crippen LogP contribution < -0.4 is 9.64 Å². The number of aliphatic hydroxyl groups excluding tert-OH is 1. The molecule has 2 rings (SSSR count). The zero-order valence-corrected chi connectivity index (χ0v) is 15.1. The molecule has 1 atom stereocenters. The summed E-state index contributed by atoms with van der Waals surface area (Å²) < 4.78 is 92.6. The lowest BCUT2D eigenvalue weighted by atomic mass is 10.1. The molecule has 0 heterocycles. The average molecular weight is 439 g/mol. The summed E-state index contributed by atoms with van der Waals surface area (Å²) in [6, 6.07) is 9.95. The fourth-order valence-electron chi connectivity index (χ4n) is 2.45. The summed E-state index contributed by atoms with van der Waals surface area (Å²) in [7, 11) is 0. The van der Waals surface area contributed by atoms with Gasteiger partial charge in [-0.15, -0.1) is 0 Å². The molecule has 0 fully saturated rings. The maximum atomic E-state index is 12.9. The van der Waals surface area contributed by atoms with Gasteiger partial charge in [0.1, 0.15) is 12.0 Å². The van der Waals surface area contributed by atoms with Crippen LogP contribution in [0.1, 0.15) is 15.9 Å². The van der Waals surface area contributed by atoms with E-state index in [0.29, 0.717) is 11.8 Å². The van der Waals surface area contributed by atoms with Crippen LogP contribution in [0.2, 0.25) is 0 Å². The number of benzene rings is 2. The Kier molecular flexibility index (Phi) is 7.30. The topological polar surface area (TPSA) is 49.8 Å². The fraction of sp³-hybridized carbons (Fsp3) is 0.316. The van der Waals surface area contributed by atoms with Crippen LogP contribution >= 0.6 is 0 Å². The molecule has 0 aromatic heterocycles. The molecular formula is C19H16F7NO3. The van der Waals surface area contributed by atoms with Gasteiger partial charge in [0, 0.05) is 17.8 Å². The van der Waals surface area contributed by atoms with Crippen LogP contribution in [0.3, 0.4) is 0 Å². The van der Waals surface area contributed by atoms with Crippen molar-refractivity contribution >= 4 is 12.0 Å². The molecule has 2 aromatic carbocycles. The lowest BCUT2D eigenvalue weighted by molar-refractivity contribution is -0.253. The third-order valence-corrected chi connectivity index (χ3v) is 3.95. The maximum Gasteiger partial charge on any atom is 0.461 e. The van der Waals surface area contributed by atoms with Crippen LogP contribution in [0.5, 0.6) is 5.75 Å². The van der Waals surface area contributed by atoms with Crippen molar-refractivity contribution in [3.05, 3.63) is 59.7 Å². The molecule has 0 aliphatic heterocycles. The Morgan fingerprint density at radius 2 is 1.67 bits per heavy atom. The Morgan fingerprint density at radius 1 is 1.03 bits per heavy atom. The summed E-state index contributed by atoms with van der Waals surface area (Å²) >= 11 is 0. The molecule has 0 saturated carbocycles. The van der Waals surface area contributed by atoms with Crippen molar-refractivity contribution in [2.24, 2.45) is 0 Å². The summed E-state index contributed by atoms with van der Waals surface area (Å²) in [6.07, 6.45) is -15.8. The summed E-state index contributed by atoms with van der Waals surface area (Å²) in [6.45, 7) is -1.07. The van der Waals surface area contributed by atoms with Gasteiger partial charge in [-0.2, -0.15) is 30.7 Å². The average Bonchev–Trinajstić information content (AvgIpc) is 2.67. The van der Waals surface area contributed by atoms with E-state index in [1.54, 1.807) is 0 Å². The third kappa shape index (κ3) is 6.34. The predicted molar refractivity (Wildman–Crippen MR) is 93.0 cm³/mol. The van der Waals surface area contributed by atoms with Gasteiger partial charge in [0.25, 0.3) is 0 Å². The Labute approximate surface area is 166 Å². The molecule has 30 heavy (non-hydrogen) atoms. The van der Waals surface area contributed by atoms with Gasteiger partial charge in [0.15, 0.2) is 6.10 Å². The standard InChI is InChI=1S/C19H16F7NO3/c20-17(21)19(25,26)30-15-6-4-12(5-7-15)9-27(10-16(29)18(22,23)24)14-3-1-2-13(8-14)11-28/h1-8,11,16-17,29H,9-10H2. The van der Waals surface area contributed by atoms with E-state index in [1.165, 1.54) is 36.4 Å². The molecule has 0 aliphatic rings. The highest BCUT2D eigenvalue weighted by molar-refractivity contribution is 5.77. The summed E-state index contributed by atoms with van der Waals surface area (Å²) in [5.74, 6) is -0.561. The Hall–Kier alpha value is -2.82. The normalized spacial score (nSPS) is 13.2. The number of aliphatic hydroxyl groups is 1. The van der Waals surface area contributed by atoms with E-state index in [-0.39, 0.29) is 17.8 Å². The van der Waals surface area contributed by atoms with Crippen molar-refractivity contribution in [2.75, 3.05) is 11.4 Å². The zero-order valence-electron chi connectivity index (χ0n) is 15.1. The van der Waals surface area contributed by atoms with Crippen LogP contribution in [0.15, 0.2) is 48.5 Å². The van der Waals surface area contributed by atoms with Crippen LogP contribution in [0.25, 0.3) is 0 Å². The minimum Gasteiger partial charge on any atom is -0.428 e. The van der Waals surface area contributed by atoms with Crippen LogP contribution in [0.4, 0.5) is 36.4 Å². The van der Waals surface area contributed by atoms with E-state index >= 15 is 0 Å². The second-order valence-corrected chi connectivity index (χ2v) is 6.26. The van der Waals surface area contributed by atoms with Crippen LogP contribution in [-0.2, 0) is 6.54 Å². The van der Waals surface area contributed by atoms with E-state index in [1.807, 2.05) is 0 Å². The van der Waals surface area contributed by atoms with Crippen molar-refractivity contribution in [3.63, 3.8) is 0 Å². The number of hydrogen-bond donors (Lipinski definition) is 1. The summed E-state index contributed by atoms with van der Waals surface area (Å²) in [5.41, 5.74) is 0.707. The summed E-state index contributed by atoms with van der Waals surface area (Å²) in [5, 5.41) is 9.44. The highest BCUT2D eigenvalue weighted by atomic mass is 19.4. The maximum absolute atomic E-state index is 12.9. The lowest BCUT2D eigenvalue weighted by Gasteiger charge is -2.28. The van der Waals surface area contributed by atoms with Crippen molar-refractivity contribution in [2.45, 2.75) is 31.4 Å². The first kappa shape index (κ1) is 23.5. The fourth-order valence-corrected chi connectivity index (χ4v) is 2.45. The first-order valence-corrected chi connectivity index (χ1v) is 8.41. The second kappa shape index (κ2) is 9.33. The molecule has 0 aliphatic carbocycles. The number of rotatable bonds is 9. The van der Waals surface area contributed by atoms with Gasteiger partial charge < -0.3 is 14.7 Å². The lowest BCUT2D eigenvalue weighted by Crippen LogP contribution is -2.40. The number of carbonyl (C=O) groups is 1. The molecule has 0 spiro atoms. The van der Waals surface area contributed by atoms with E-state index < -0.39 is 37.1 Å². The molecule has 0 saturated heterocycles. The molecule has 2 aromatic rings. The molecule has 11 heteroatoms. The van der Waals surface area contributed by atoms with Gasteiger partial charge in [-0.3, -0.25) is 4.79 Å². The zero-order chi connectivity index (χ0) is 22.5. The Bertz CT molecular complexity index is 841. The van der Waals surface area contributed by atoms with Crippen molar-refractivity contribution in [3.8, 4) is 5.75 Å². The molecule has 4 nitrogen and oxygen atoms in total. The molecular weight excluding hydrogens is 423 g/mol. The monoisotopic (exact) mass is 439 g/mol. The number of carbonyl (C=O) groups excluding carboxylic acids is 1. The quantitative estimate of drug-likeness (QED) is 0.456. The number of halogens is 7. The van der Waals surface area contributed by atoms with Gasteiger partial charge in [-0.25, -0.2) is 0 Å². The van der Waals surface area contributed by atoms with Crippen molar-refractivity contribution < 1.29 is 45.4 Å². The number of hydrogen-bond acceptors (Lipinski definition) is 4. The highest BCUT2D eigenvalue weighted by Crippen LogP contribution is 2.29. The van der Waals surface area contributed by atoms with Crippen molar-refractivity contribution in [1.29, 1.82) is 0 Å². The summed E-state index contributed by atoms with van der Waals surface area (Å²) in [4.78, 5) is 12.1. The molecule has 0 radical (unpaired) electrons. The smallest absolute Gasteiger partial charge is 0.428 e. The number of ether oxygens (including phenoxy) is 1. The van der Waals surface area contributed by atoms with Gasteiger partial charge in [0.05, 0.1) is 6.54 Å². The van der Waals surface area contributed by atoms with Crippen LogP contribution in [-0.4, -0.2) is 42.8 Å². The van der Waals surface area contributed by atoms with Gasteiger partial charge in [-0.05, 0) is 29.8 Å². The number of nitrogens with zero attached hydrogens (tertiary/aromatic N) is 1. The molecule has 1 N–H and O–H groups in total. The molecule has 164 valence electrons. The first-order chi connectivity index (χ1) is 13.9. The predicted octanol–water partition coefficient (Wildman–Crippen LogP) is 4.67. The molecule has 1 unspecified atom stereocenters. The SMILES string of the molecule is O=Cc1cccc(N(Cc2ccc(OC(F)(F)C(F)F)cc2)CC(O)C(F)(F)F)c1. The largest absolute Gasteiger partial charge is 0.461 e. The van der Waals surface area contributed by atoms with E-state index in [4.69, 9.17) is 0 Å². The highest BCUT2D eigenvalue weighted by Gasteiger charge is 2.44. The minimum atomic E-state index is -4.89. The van der Waals surface area contributed by atoms with Crippen molar-refractivity contribution in [1.82, 2.24) is 0 Å². The Balaban J connectivity index is 2.23. The third-order valence-electron chi connectivity index (χ3n) is 3.95. The first-order valence-electron chi connectivity index (χ1n) is 8.41. The number of aldehydes is 1. The van der Waals surface area contributed by atoms with E-state index in [2.05, 4.69) is 4.74 Å². The van der Waals surface area contributed by atoms with Crippen LogP contribution in [0, 0.1) is 0 Å². The Morgan fingerprint density at radius 3 is 2.20 bits per heavy atom. The van der Waals surface area contributed by atoms with Gasteiger partial charge in [-0.1, -0.05) is 24.3 Å². The molecule has 0 bridgehead atoms. The van der Waals surface area contributed by atoms with E-state index in [0.717, 1.165) is 17.0 Å². The van der Waals surface area contributed by atoms with Gasteiger partial charge >= 0.3 is 18.7 Å². The number of anilines is 1.